The minimum absolute atomic E-state index is 0.0335. The zero-order chi connectivity index (χ0) is 19.2. The van der Waals surface area contributed by atoms with Gasteiger partial charge >= 0.3 is 0 Å². The maximum absolute atomic E-state index is 12.8. The first-order chi connectivity index (χ1) is 13.0. The average Bonchev–Trinajstić information content (AvgIpc) is 3.14. The molecule has 0 saturated carbocycles. The van der Waals surface area contributed by atoms with Crippen molar-refractivity contribution in [3.8, 4) is 5.75 Å². The summed E-state index contributed by atoms with van der Waals surface area (Å²) in [6.07, 6.45) is 1.98. The van der Waals surface area contributed by atoms with Crippen LogP contribution in [0.4, 0.5) is 0 Å². The van der Waals surface area contributed by atoms with Crippen LogP contribution in [0.2, 0.25) is 15.1 Å². The molecule has 0 N–H and O–H groups in total. The summed E-state index contributed by atoms with van der Waals surface area (Å²) in [6.45, 7) is 1.51. The Balaban J connectivity index is 1.68. The molecule has 1 atom stereocenters. The van der Waals surface area contributed by atoms with Gasteiger partial charge in [-0.05, 0) is 48.7 Å². The van der Waals surface area contributed by atoms with Crippen molar-refractivity contribution in [2.45, 2.75) is 25.5 Å². The molecular weight excluding hydrogens is 409 g/mol. The molecule has 1 aliphatic rings. The SMILES string of the molecule is O=C(COc1cccc(Cl)c1)N(Cc1ccc(Cl)cc1Cl)C[C@@H]1CCCO1. The fourth-order valence-electron chi connectivity index (χ4n) is 2.94. The van der Waals surface area contributed by atoms with Crippen LogP contribution < -0.4 is 4.74 Å². The molecule has 0 radical (unpaired) electrons. The van der Waals surface area contributed by atoms with E-state index in [1.807, 2.05) is 6.07 Å². The normalized spacial score (nSPS) is 16.3. The van der Waals surface area contributed by atoms with Crippen molar-refractivity contribution < 1.29 is 14.3 Å². The monoisotopic (exact) mass is 427 g/mol. The van der Waals surface area contributed by atoms with Crippen LogP contribution in [0.5, 0.6) is 5.75 Å². The molecule has 7 heteroatoms. The van der Waals surface area contributed by atoms with Crippen LogP contribution in [-0.4, -0.2) is 36.7 Å². The van der Waals surface area contributed by atoms with E-state index < -0.39 is 0 Å². The highest BCUT2D eigenvalue weighted by molar-refractivity contribution is 6.35. The minimum atomic E-state index is -0.142. The fraction of sp³-hybridized carbons (Fsp3) is 0.350. The van der Waals surface area contributed by atoms with Gasteiger partial charge in [0, 0.05) is 34.8 Å². The van der Waals surface area contributed by atoms with E-state index in [4.69, 9.17) is 44.3 Å². The van der Waals surface area contributed by atoms with Gasteiger partial charge in [0.15, 0.2) is 6.61 Å². The molecule has 0 bridgehead atoms. The van der Waals surface area contributed by atoms with Gasteiger partial charge in [0.1, 0.15) is 5.75 Å². The highest BCUT2D eigenvalue weighted by atomic mass is 35.5. The number of rotatable bonds is 7. The minimum Gasteiger partial charge on any atom is -0.484 e. The van der Waals surface area contributed by atoms with E-state index in [-0.39, 0.29) is 18.6 Å². The van der Waals surface area contributed by atoms with E-state index in [2.05, 4.69) is 0 Å². The molecule has 2 aromatic rings. The summed E-state index contributed by atoms with van der Waals surface area (Å²) in [5.41, 5.74) is 0.829. The molecule has 3 rings (SSSR count). The van der Waals surface area contributed by atoms with Crippen molar-refractivity contribution in [3.05, 3.63) is 63.1 Å². The molecule has 4 nitrogen and oxygen atoms in total. The van der Waals surface area contributed by atoms with Crippen LogP contribution in [0.25, 0.3) is 0 Å². The van der Waals surface area contributed by atoms with Crippen LogP contribution in [0.3, 0.4) is 0 Å². The Morgan fingerprint density at radius 2 is 1.96 bits per heavy atom. The van der Waals surface area contributed by atoms with E-state index in [0.717, 1.165) is 25.0 Å². The van der Waals surface area contributed by atoms with E-state index in [9.17, 15) is 4.79 Å². The van der Waals surface area contributed by atoms with Gasteiger partial charge in [0.25, 0.3) is 5.91 Å². The molecule has 1 heterocycles. The first-order valence-electron chi connectivity index (χ1n) is 8.73. The number of carbonyl (C=O) groups excluding carboxylic acids is 1. The quantitative estimate of drug-likeness (QED) is 0.606. The summed E-state index contributed by atoms with van der Waals surface area (Å²) >= 11 is 18.2. The highest BCUT2D eigenvalue weighted by Crippen LogP contribution is 2.24. The molecule has 0 unspecified atom stereocenters. The molecular formula is C20H20Cl3NO3. The molecule has 0 aromatic heterocycles. The van der Waals surface area contributed by atoms with Crippen LogP contribution >= 0.6 is 34.8 Å². The Kier molecular flexibility index (Phi) is 7.25. The Morgan fingerprint density at radius 3 is 2.67 bits per heavy atom. The van der Waals surface area contributed by atoms with Gasteiger partial charge in [-0.25, -0.2) is 0 Å². The summed E-state index contributed by atoms with van der Waals surface area (Å²) < 4.78 is 11.3. The zero-order valence-electron chi connectivity index (χ0n) is 14.7. The summed E-state index contributed by atoms with van der Waals surface area (Å²) in [5, 5.41) is 1.65. The molecule has 144 valence electrons. The molecule has 1 saturated heterocycles. The Bertz CT molecular complexity index is 794. The number of carbonyl (C=O) groups is 1. The van der Waals surface area contributed by atoms with Gasteiger partial charge in [-0.1, -0.05) is 46.9 Å². The van der Waals surface area contributed by atoms with E-state index in [1.165, 1.54) is 0 Å². The highest BCUT2D eigenvalue weighted by Gasteiger charge is 2.23. The largest absolute Gasteiger partial charge is 0.484 e. The molecule has 2 aromatic carbocycles. The molecule has 27 heavy (non-hydrogen) atoms. The Hall–Kier alpha value is -1.46. The first-order valence-corrected chi connectivity index (χ1v) is 9.86. The lowest BCUT2D eigenvalue weighted by Gasteiger charge is -2.26. The second-order valence-electron chi connectivity index (χ2n) is 6.39. The summed E-state index contributed by atoms with van der Waals surface area (Å²) in [5.74, 6) is 0.411. The molecule has 1 amide bonds. The van der Waals surface area contributed by atoms with Crippen molar-refractivity contribution in [1.82, 2.24) is 4.90 Å². The van der Waals surface area contributed by atoms with Gasteiger partial charge < -0.3 is 14.4 Å². The van der Waals surface area contributed by atoms with Crippen molar-refractivity contribution in [3.63, 3.8) is 0 Å². The van der Waals surface area contributed by atoms with Gasteiger partial charge in [-0.3, -0.25) is 4.79 Å². The predicted octanol–water partition coefficient (Wildman–Crippen LogP) is 5.23. The van der Waals surface area contributed by atoms with Gasteiger partial charge in [-0.15, -0.1) is 0 Å². The number of nitrogens with zero attached hydrogens (tertiary/aromatic N) is 1. The summed E-state index contributed by atoms with van der Waals surface area (Å²) in [7, 11) is 0. The average molecular weight is 429 g/mol. The smallest absolute Gasteiger partial charge is 0.260 e. The van der Waals surface area contributed by atoms with E-state index in [0.29, 0.717) is 33.9 Å². The van der Waals surface area contributed by atoms with Crippen molar-refractivity contribution in [1.29, 1.82) is 0 Å². The molecule has 0 spiro atoms. The standard InChI is InChI=1S/C20H20Cl3NO3/c21-15-3-1-4-17(9-15)27-13-20(25)24(12-18-5-2-8-26-18)11-14-6-7-16(22)10-19(14)23/h1,3-4,6-7,9-10,18H,2,5,8,11-13H2/t18-/m0/s1. The third-order valence-electron chi connectivity index (χ3n) is 4.34. The van der Waals surface area contributed by atoms with Crippen molar-refractivity contribution in [2.75, 3.05) is 19.8 Å². The van der Waals surface area contributed by atoms with Gasteiger partial charge in [0.2, 0.25) is 0 Å². The fourth-order valence-corrected chi connectivity index (χ4v) is 3.59. The number of benzene rings is 2. The lowest BCUT2D eigenvalue weighted by molar-refractivity contribution is -0.135. The van der Waals surface area contributed by atoms with E-state index >= 15 is 0 Å². The number of ether oxygens (including phenoxy) is 2. The third-order valence-corrected chi connectivity index (χ3v) is 5.16. The maximum atomic E-state index is 12.8. The van der Waals surface area contributed by atoms with Crippen molar-refractivity contribution >= 4 is 40.7 Å². The first kappa shape index (κ1) is 20.3. The molecule has 0 aliphatic carbocycles. The summed E-state index contributed by atoms with van der Waals surface area (Å²) in [6, 6.07) is 12.2. The van der Waals surface area contributed by atoms with Gasteiger partial charge in [-0.2, -0.15) is 0 Å². The number of hydrogen-bond donors (Lipinski definition) is 0. The topological polar surface area (TPSA) is 38.8 Å². The van der Waals surface area contributed by atoms with Crippen LogP contribution in [0.15, 0.2) is 42.5 Å². The Labute approximate surface area is 173 Å². The zero-order valence-corrected chi connectivity index (χ0v) is 16.9. The third kappa shape index (κ3) is 6.01. The second-order valence-corrected chi connectivity index (χ2v) is 7.67. The second kappa shape index (κ2) is 9.65. The van der Waals surface area contributed by atoms with Crippen LogP contribution in [0.1, 0.15) is 18.4 Å². The van der Waals surface area contributed by atoms with E-state index in [1.54, 1.807) is 41.3 Å². The molecule has 1 fully saturated rings. The van der Waals surface area contributed by atoms with Gasteiger partial charge in [0.05, 0.1) is 6.10 Å². The number of halogens is 3. The number of amides is 1. The number of hydrogen-bond acceptors (Lipinski definition) is 3. The lowest BCUT2D eigenvalue weighted by atomic mass is 10.1. The maximum Gasteiger partial charge on any atom is 0.260 e. The van der Waals surface area contributed by atoms with Crippen LogP contribution in [-0.2, 0) is 16.1 Å². The lowest BCUT2D eigenvalue weighted by Crippen LogP contribution is -2.39. The van der Waals surface area contributed by atoms with Crippen molar-refractivity contribution in [2.24, 2.45) is 0 Å². The Morgan fingerprint density at radius 1 is 1.15 bits per heavy atom. The summed E-state index contributed by atoms with van der Waals surface area (Å²) in [4.78, 5) is 14.5. The predicted molar refractivity (Wildman–Crippen MR) is 108 cm³/mol. The molecule has 1 aliphatic heterocycles. The van der Waals surface area contributed by atoms with Crippen LogP contribution in [0, 0.1) is 0 Å².